The summed E-state index contributed by atoms with van der Waals surface area (Å²) in [4.78, 5) is 31.5. The number of carbonyl (C=O) groups is 2. The Bertz CT molecular complexity index is 1410. The molecule has 0 amide bonds. The van der Waals surface area contributed by atoms with Crippen molar-refractivity contribution in [2.45, 2.75) is 56.9 Å². The van der Waals surface area contributed by atoms with Crippen molar-refractivity contribution in [1.29, 1.82) is 0 Å². The average molecular weight is 591 g/mol. The number of carbonyl (C=O) groups excluding carboxylic acids is 2. The van der Waals surface area contributed by atoms with Crippen molar-refractivity contribution in [1.82, 2.24) is 4.90 Å². The van der Waals surface area contributed by atoms with Crippen LogP contribution < -0.4 is 4.90 Å². The van der Waals surface area contributed by atoms with Crippen LogP contribution in [0.5, 0.6) is 0 Å². The van der Waals surface area contributed by atoms with Crippen LogP contribution in [0.25, 0.3) is 5.76 Å². The van der Waals surface area contributed by atoms with Crippen LogP contribution in [0, 0.1) is 0 Å². The van der Waals surface area contributed by atoms with E-state index in [1.54, 1.807) is 24.3 Å². The number of nitrogens with zero attached hydrogens (tertiary/aromatic N) is 2. The van der Waals surface area contributed by atoms with Gasteiger partial charge in [0.15, 0.2) is 0 Å². The molecule has 41 heavy (non-hydrogen) atoms. The molecule has 1 heterocycles. The maximum atomic E-state index is 11.9. The van der Waals surface area contributed by atoms with Crippen molar-refractivity contribution in [3.05, 3.63) is 101 Å². The Kier molecular flexibility index (Phi) is 11.4. The number of likely N-dealkylation sites (N-methyl/N-ethyl adjacent to an activating group) is 1. The molecule has 1 aliphatic carbocycles. The molecule has 2 aliphatic rings. The predicted octanol–water partition coefficient (Wildman–Crippen LogP) is 8.52. The van der Waals surface area contributed by atoms with E-state index in [-0.39, 0.29) is 35.7 Å². The molecule has 1 aliphatic heterocycles. The van der Waals surface area contributed by atoms with Gasteiger partial charge in [0.05, 0.1) is 11.4 Å². The molecule has 3 aromatic rings. The van der Waals surface area contributed by atoms with Crippen LogP contribution >= 0.6 is 24.2 Å². The van der Waals surface area contributed by atoms with Crippen LogP contribution in [-0.2, 0) is 4.79 Å². The zero-order chi connectivity index (χ0) is 28.8. The third-order valence-corrected chi connectivity index (χ3v) is 8.45. The fourth-order valence-electron chi connectivity index (χ4n) is 5.12. The van der Waals surface area contributed by atoms with Crippen LogP contribution in [0.2, 0.25) is 0 Å². The molecule has 0 fully saturated rings. The second kappa shape index (κ2) is 14.5. The van der Waals surface area contributed by atoms with E-state index in [1.165, 1.54) is 21.2 Å². The second-order valence-electron chi connectivity index (χ2n) is 10.2. The largest absolute Gasteiger partial charge is 0.507 e. The molecule has 0 spiro atoms. The van der Waals surface area contributed by atoms with Crippen molar-refractivity contribution >= 4 is 52.9 Å². The van der Waals surface area contributed by atoms with E-state index < -0.39 is 11.6 Å². The summed E-state index contributed by atoms with van der Waals surface area (Å²) in [5, 5.41) is 10.1. The van der Waals surface area contributed by atoms with Gasteiger partial charge in [0, 0.05) is 39.1 Å². The number of Topliss-reactive ketones (excluding diaryl/α,β-unsaturated/α-hetero) is 2. The van der Waals surface area contributed by atoms with E-state index in [1.807, 2.05) is 31.7 Å². The highest BCUT2D eigenvalue weighted by molar-refractivity contribution is 7.99. The molecule has 5 rings (SSSR count). The van der Waals surface area contributed by atoms with Crippen molar-refractivity contribution in [2.75, 3.05) is 24.5 Å². The molecule has 0 aromatic heterocycles. The molecule has 216 valence electrons. The van der Waals surface area contributed by atoms with E-state index in [0.717, 1.165) is 25.2 Å². The Labute approximate surface area is 254 Å². The number of halogens is 1. The van der Waals surface area contributed by atoms with E-state index in [0.29, 0.717) is 11.6 Å². The SMILES string of the molecule is CC(C)=CCC1=C(O)c2ccccc2C(=O)C1=O.CCN(CC)C(C)CN1c2ccccc2Sc2ccccc21.Cl. The van der Waals surface area contributed by atoms with Crippen molar-refractivity contribution in [3.63, 3.8) is 0 Å². The van der Waals surface area contributed by atoms with Gasteiger partial charge in [-0.1, -0.05) is 85.8 Å². The molecule has 0 bridgehead atoms. The van der Waals surface area contributed by atoms with Crippen molar-refractivity contribution in [2.24, 2.45) is 0 Å². The monoisotopic (exact) mass is 590 g/mol. The molecule has 1 unspecified atom stereocenters. The number of allylic oxidation sites excluding steroid dienone is 3. The van der Waals surface area contributed by atoms with E-state index in [2.05, 4.69) is 79.1 Å². The van der Waals surface area contributed by atoms with Gasteiger partial charge in [0.2, 0.25) is 11.6 Å². The molecule has 7 heteroatoms. The number of ketones is 2. The number of rotatable bonds is 7. The van der Waals surface area contributed by atoms with Crippen molar-refractivity contribution in [3.8, 4) is 0 Å². The summed E-state index contributed by atoms with van der Waals surface area (Å²) in [6, 6.07) is 24.6. The second-order valence-corrected chi connectivity index (χ2v) is 11.3. The molecule has 3 aromatic carbocycles. The standard InChI is InChI=1S/C19H24N2S.C15H14O3.ClH/c1-4-20(5-2)15(3)14-21-16-10-6-8-12-18(16)22-19-13-9-7-11-17(19)21;1-9(2)7-8-12-13(16)10-5-3-4-6-11(10)14(17)15(12)18;/h6-13,15H,4-5,14H2,1-3H3;3-7,16H,8H2,1-2H3;1H. The Morgan fingerprint density at radius 3 is 1.90 bits per heavy atom. The lowest BCUT2D eigenvalue weighted by Crippen LogP contribution is -2.41. The number of hydrogen-bond donors (Lipinski definition) is 1. The van der Waals surface area contributed by atoms with E-state index in [4.69, 9.17) is 0 Å². The molecular weight excluding hydrogens is 552 g/mol. The minimum atomic E-state index is -0.608. The Morgan fingerprint density at radius 1 is 0.854 bits per heavy atom. The smallest absolute Gasteiger partial charge is 0.234 e. The van der Waals surface area contributed by atoms with Gasteiger partial charge in [0.1, 0.15) is 5.76 Å². The molecule has 1 atom stereocenters. The van der Waals surface area contributed by atoms with Gasteiger partial charge in [-0.15, -0.1) is 12.4 Å². The third kappa shape index (κ3) is 7.13. The Balaban J connectivity index is 0.000000225. The van der Waals surface area contributed by atoms with Crippen LogP contribution in [0.15, 0.2) is 99.8 Å². The maximum Gasteiger partial charge on any atom is 0.234 e. The Morgan fingerprint density at radius 2 is 1.37 bits per heavy atom. The number of aliphatic hydroxyl groups excluding tert-OH is 1. The summed E-state index contributed by atoms with van der Waals surface area (Å²) in [7, 11) is 0. The topological polar surface area (TPSA) is 60.9 Å². The minimum Gasteiger partial charge on any atom is -0.507 e. The average Bonchev–Trinajstić information content (AvgIpc) is 2.96. The summed E-state index contributed by atoms with van der Waals surface area (Å²) in [6.45, 7) is 13.9. The van der Waals surface area contributed by atoms with Gasteiger partial charge in [-0.2, -0.15) is 0 Å². The number of fused-ring (bicyclic) bond motifs is 3. The molecule has 5 nitrogen and oxygen atoms in total. The van der Waals surface area contributed by atoms with Gasteiger partial charge in [-0.25, -0.2) is 0 Å². The maximum absolute atomic E-state index is 11.9. The number of benzene rings is 3. The fraction of sp³-hybridized carbons (Fsp3) is 0.294. The normalized spacial score (nSPS) is 14.2. The lowest BCUT2D eigenvalue weighted by atomic mass is 9.87. The van der Waals surface area contributed by atoms with Gasteiger partial charge >= 0.3 is 0 Å². The molecule has 0 radical (unpaired) electrons. The van der Waals surface area contributed by atoms with Gasteiger partial charge in [-0.3, -0.25) is 14.5 Å². The quantitative estimate of drug-likeness (QED) is 0.220. The Hall–Kier alpha value is -3.32. The summed E-state index contributed by atoms with van der Waals surface area (Å²) in [5.41, 5.74) is 4.62. The van der Waals surface area contributed by atoms with E-state index >= 15 is 0 Å². The van der Waals surface area contributed by atoms with Gasteiger partial charge in [-0.05, 0) is 64.5 Å². The number of anilines is 2. The predicted molar refractivity (Wildman–Crippen MR) is 173 cm³/mol. The first-order valence-electron chi connectivity index (χ1n) is 13.9. The highest BCUT2D eigenvalue weighted by Gasteiger charge is 2.31. The first-order chi connectivity index (χ1) is 19.3. The highest BCUT2D eigenvalue weighted by Crippen LogP contribution is 2.47. The van der Waals surface area contributed by atoms with Crippen LogP contribution in [0.3, 0.4) is 0 Å². The lowest BCUT2D eigenvalue weighted by Gasteiger charge is -2.37. The zero-order valence-electron chi connectivity index (χ0n) is 24.4. The fourth-order valence-corrected chi connectivity index (χ4v) is 6.21. The first kappa shape index (κ1) is 32.2. The van der Waals surface area contributed by atoms with Gasteiger partial charge in [0.25, 0.3) is 0 Å². The van der Waals surface area contributed by atoms with Gasteiger partial charge < -0.3 is 10.0 Å². The zero-order valence-corrected chi connectivity index (χ0v) is 26.0. The van der Waals surface area contributed by atoms with Crippen LogP contribution in [0.4, 0.5) is 11.4 Å². The molecule has 0 saturated carbocycles. The lowest BCUT2D eigenvalue weighted by molar-refractivity contribution is -0.112. The third-order valence-electron chi connectivity index (χ3n) is 7.32. The first-order valence-corrected chi connectivity index (χ1v) is 14.7. The van der Waals surface area contributed by atoms with E-state index in [9.17, 15) is 14.7 Å². The summed E-state index contributed by atoms with van der Waals surface area (Å²) in [6.07, 6.45) is 2.11. The summed E-state index contributed by atoms with van der Waals surface area (Å²) >= 11 is 1.88. The molecule has 0 saturated heterocycles. The summed E-state index contributed by atoms with van der Waals surface area (Å²) in [5.74, 6) is -1.23. The van der Waals surface area contributed by atoms with Crippen LogP contribution in [-0.4, -0.2) is 47.2 Å². The molecular formula is C34H39ClN2O3S. The number of aliphatic hydroxyl groups is 1. The van der Waals surface area contributed by atoms with Crippen LogP contribution in [0.1, 0.15) is 57.0 Å². The van der Waals surface area contributed by atoms with Crippen molar-refractivity contribution < 1.29 is 14.7 Å². The summed E-state index contributed by atoms with van der Waals surface area (Å²) < 4.78 is 0. The number of para-hydroxylation sites is 2. The molecule has 1 N–H and O–H groups in total. The highest BCUT2D eigenvalue weighted by atomic mass is 35.5. The minimum absolute atomic E-state index is 0. The number of hydrogen-bond acceptors (Lipinski definition) is 6.